The lowest BCUT2D eigenvalue weighted by molar-refractivity contribution is -0.122. The van der Waals surface area contributed by atoms with Crippen molar-refractivity contribution in [2.24, 2.45) is 5.92 Å². The molecule has 98 valence electrons. The van der Waals surface area contributed by atoms with E-state index in [0.29, 0.717) is 0 Å². The van der Waals surface area contributed by atoms with Gasteiger partial charge in [0, 0.05) is 13.1 Å². The maximum absolute atomic E-state index is 11.8. The SMILES string of the molecule is CCN1CCC(CNC2CCCCNC2=O)C1. The zero-order valence-electron chi connectivity index (χ0n) is 10.9. The topological polar surface area (TPSA) is 44.4 Å². The molecule has 2 aliphatic rings. The fraction of sp³-hybridized carbons (Fsp3) is 0.923. The van der Waals surface area contributed by atoms with E-state index in [0.717, 1.165) is 44.8 Å². The summed E-state index contributed by atoms with van der Waals surface area (Å²) >= 11 is 0. The van der Waals surface area contributed by atoms with E-state index >= 15 is 0 Å². The molecule has 2 aliphatic heterocycles. The molecule has 0 bridgehead atoms. The summed E-state index contributed by atoms with van der Waals surface area (Å²) in [7, 11) is 0. The van der Waals surface area contributed by atoms with Crippen molar-refractivity contribution in [1.82, 2.24) is 15.5 Å². The van der Waals surface area contributed by atoms with E-state index in [1.54, 1.807) is 0 Å². The first-order chi connectivity index (χ1) is 8.29. The Morgan fingerprint density at radius 1 is 1.41 bits per heavy atom. The molecule has 0 radical (unpaired) electrons. The van der Waals surface area contributed by atoms with Crippen molar-refractivity contribution in [3.05, 3.63) is 0 Å². The van der Waals surface area contributed by atoms with Gasteiger partial charge in [-0.05, 0) is 51.2 Å². The van der Waals surface area contributed by atoms with E-state index in [-0.39, 0.29) is 11.9 Å². The highest BCUT2D eigenvalue weighted by Gasteiger charge is 2.24. The zero-order valence-corrected chi connectivity index (χ0v) is 10.9. The van der Waals surface area contributed by atoms with Crippen LogP contribution in [0.15, 0.2) is 0 Å². The molecule has 2 saturated heterocycles. The second-order valence-corrected chi connectivity index (χ2v) is 5.30. The predicted octanol–water partition coefficient (Wildman–Crippen LogP) is 0.587. The second-order valence-electron chi connectivity index (χ2n) is 5.30. The van der Waals surface area contributed by atoms with Crippen molar-refractivity contribution in [2.75, 3.05) is 32.7 Å². The fourth-order valence-corrected chi connectivity index (χ4v) is 2.81. The van der Waals surface area contributed by atoms with E-state index in [2.05, 4.69) is 22.5 Å². The van der Waals surface area contributed by atoms with Crippen molar-refractivity contribution in [3.63, 3.8) is 0 Å². The molecule has 2 N–H and O–H groups in total. The third kappa shape index (κ3) is 3.68. The maximum atomic E-state index is 11.8. The minimum absolute atomic E-state index is 0.0492. The van der Waals surface area contributed by atoms with Crippen LogP contribution in [0.4, 0.5) is 0 Å². The van der Waals surface area contributed by atoms with Crippen molar-refractivity contribution in [2.45, 2.75) is 38.6 Å². The van der Waals surface area contributed by atoms with Crippen molar-refractivity contribution < 1.29 is 4.79 Å². The molecule has 0 aliphatic carbocycles. The number of hydrogen-bond acceptors (Lipinski definition) is 3. The summed E-state index contributed by atoms with van der Waals surface area (Å²) in [5, 5.41) is 6.44. The fourth-order valence-electron chi connectivity index (χ4n) is 2.81. The highest BCUT2D eigenvalue weighted by atomic mass is 16.2. The number of nitrogens with zero attached hydrogens (tertiary/aromatic N) is 1. The van der Waals surface area contributed by atoms with Crippen molar-refractivity contribution >= 4 is 5.91 Å². The molecule has 2 fully saturated rings. The third-order valence-electron chi connectivity index (χ3n) is 4.01. The zero-order chi connectivity index (χ0) is 12.1. The Balaban J connectivity index is 1.72. The van der Waals surface area contributed by atoms with Gasteiger partial charge in [-0.25, -0.2) is 0 Å². The van der Waals surface area contributed by atoms with Gasteiger partial charge in [-0.3, -0.25) is 4.79 Å². The van der Waals surface area contributed by atoms with Gasteiger partial charge in [0.1, 0.15) is 0 Å². The Morgan fingerprint density at radius 3 is 3.06 bits per heavy atom. The Kier molecular flexibility index (Phi) is 4.80. The van der Waals surface area contributed by atoms with Gasteiger partial charge in [-0.2, -0.15) is 0 Å². The molecule has 1 amide bonds. The normalized spacial score (nSPS) is 31.2. The quantitative estimate of drug-likeness (QED) is 0.754. The average molecular weight is 239 g/mol. The Hall–Kier alpha value is -0.610. The van der Waals surface area contributed by atoms with Crippen LogP contribution in [0.2, 0.25) is 0 Å². The van der Waals surface area contributed by atoms with Crippen LogP contribution in [0, 0.1) is 5.92 Å². The molecule has 2 unspecified atom stereocenters. The predicted molar refractivity (Wildman–Crippen MR) is 68.9 cm³/mol. The van der Waals surface area contributed by atoms with Crippen molar-refractivity contribution in [1.29, 1.82) is 0 Å². The minimum Gasteiger partial charge on any atom is -0.355 e. The number of carbonyl (C=O) groups is 1. The summed E-state index contributed by atoms with van der Waals surface area (Å²) in [6, 6.07) is 0.0492. The van der Waals surface area contributed by atoms with E-state index in [1.807, 2.05) is 0 Å². The summed E-state index contributed by atoms with van der Waals surface area (Å²) < 4.78 is 0. The van der Waals surface area contributed by atoms with Crippen LogP contribution in [0.1, 0.15) is 32.6 Å². The van der Waals surface area contributed by atoms with E-state index < -0.39 is 0 Å². The van der Waals surface area contributed by atoms with Crippen LogP contribution < -0.4 is 10.6 Å². The molecule has 17 heavy (non-hydrogen) atoms. The number of hydrogen-bond donors (Lipinski definition) is 2. The van der Waals surface area contributed by atoms with Gasteiger partial charge in [-0.15, -0.1) is 0 Å². The lowest BCUT2D eigenvalue weighted by Gasteiger charge is -2.18. The van der Waals surface area contributed by atoms with Gasteiger partial charge in [0.05, 0.1) is 6.04 Å². The summed E-state index contributed by atoms with van der Waals surface area (Å²) in [6.07, 6.45) is 4.55. The van der Waals surface area contributed by atoms with E-state index in [1.165, 1.54) is 19.5 Å². The lowest BCUT2D eigenvalue weighted by atomic mass is 10.1. The first-order valence-corrected chi connectivity index (χ1v) is 7.03. The van der Waals surface area contributed by atoms with Crippen LogP contribution in [-0.2, 0) is 4.79 Å². The van der Waals surface area contributed by atoms with Gasteiger partial charge >= 0.3 is 0 Å². The van der Waals surface area contributed by atoms with Crippen LogP contribution in [0.5, 0.6) is 0 Å². The number of amides is 1. The molecule has 4 heteroatoms. The van der Waals surface area contributed by atoms with Gasteiger partial charge in [-0.1, -0.05) is 6.92 Å². The molecule has 4 nitrogen and oxygen atoms in total. The van der Waals surface area contributed by atoms with Gasteiger partial charge in [0.15, 0.2) is 0 Å². The van der Waals surface area contributed by atoms with Crippen LogP contribution >= 0.6 is 0 Å². The third-order valence-corrected chi connectivity index (χ3v) is 4.01. The molecule has 0 spiro atoms. The molecule has 2 rings (SSSR count). The lowest BCUT2D eigenvalue weighted by Crippen LogP contribution is -2.44. The highest BCUT2D eigenvalue weighted by Crippen LogP contribution is 2.15. The molecule has 2 heterocycles. The minimum atomic E-state index is 0.0492. The number of rotatable bonds is 4. The second kappa shape index (κ2) is 6.36. The number of carbonyl (C=O) groups excluding carboxylic acids is 1. The Labute approximate surface area is 104 Å². The smallest absolute Gasteiger partial charge is 0.237 e. The number of nitrogens with one attached hydrogen (secondary N) is 2. The first-order valence-electron chi connectivity index (χ1n) is 7.03. The van der Waals surface area contributed by atoms with Gasteiger partial charge in [0.25, 0.3) is 0 Å². The summed E-state index contributed by atoms with van der Waals surface area (Å²) in [5.74, 6) is 0.929. The Morgan fingerprint density at radius 2 is 2.29 bits per heavy atom. The van der Waals surface area contributed by atoms with Crippen LogP contribution in [0.25, 0.3) is 0 Å². The monoisotopic (exact) mass is 239 g/mol. The molecule has 2 atom stereocenters. The van der Waals surface area contributed by atoms with E-state index in [9.17, 15) is 4.79 Å². The van der Waals surface area contributed by atoms with Crippen molar-refractivity contribution in [3.8, 4) is 0 Å². The molecule has 0 aromatic rings. The first kappa shape index (κ1) is 12.8. The number of likely N-dealkylation sites (tertiary alicyclic amines) is 1. The molecule has 0 aromatic carbocycles. The van der Waals surface area contributed by atoms with Crippen LogP contribution in [-0.4, -0.2) is 49.6 Å². The molecular weight excluding hydrogens is 214 g/mol. The molecular formula is C13H25N3O. The molecule has 0 aromatic heterocycles. The van der Waals surface area contributed by atoms with E-state index in [4.69, 9.17) is 0 Å². The van der Waals surface area contributed by atoms with Crippen LogP contribution in [0.3, 0.4) is 0 Å². The largest absolute Gasteiger partial charge is 0.355 e. The summed E-state index contributed by atoms with van der Waals surface area (Å²) in [5.41, 5.74) is 0. The highest BCUT2D eigenvalue weighted by molar-refractivity contribution is 5.81. The Bertz CT molecular complexity index is 257. The summed E-state index contributed by atoms with van der Waals surface area (Å²) in [4.78, 5) is 14.2. The maximum Gasteiger partial charge on any atom is 0.237 e. The average Bonchev–Trinajstić information content (AvgIpc) is 2.70. The standard InChI is InChI=1S/C13H25N3O/c1-2-16-8-6-11(10-16)9-15-12-5-3-4-7-14-13(12)17/h11-12,15H,2-10H2,1H3,(H,14,17). The molecule has 0 saturated carbocycles. The van der Waals surface area contributed by atoms with Gasteiger partial charge < -0.3 is 15.5 Å². The van der Waals surface area contributed by atoms with Gasteiger partial charge in [0.2, 0.25) is 5.91 Å². The summed E-state index contributed by atoms with van der Waals surface area (Å²) in [6.45, 7) is 7.63.